The molecule has 1 unspecified atom stereocenters. The third kappa shape index (κ3) is 3.93. The first-order chi connectivity index (χ1) is 8.58. The topological polar surface area (TPSA) is 49.4 Å². The van der Waals surface area contributed by atoms with Gasteiger partial charge in [0.2, 0.25) is 10.0 Å². The molecule has 1 aliphatic heterocycles. The van der Waals surface area contributed by atoms with E-state index in [-0.39, 0.29) is 0 Å². The molecule has 2 fully saturated rings. The largest absolute Gasteiger partial charge is 0.314 e. The van der Waals surface area contributed by atoms with E-state index in [1.165, 1.54) is 32.1 Å². The van der Waals surface area contributed by atoms with Crippen LogP contribution < -0.4 is 5.32 Å². The Morgan fingerprint density at radius 2 is 1.94 bits per heavy atom. The van der Waals surface area contributed by atoms with E-state index >= 15 is 0 Å². The Balaban J connectivity index is 1.74. The highest BCUT2D eigenvalue weighted by Crippen LogP contribution is 2.27. The molecular weight excluding hydrogens is 248 g/mol. The fourth-order valence-corrected chi connectivity index (χ4v) is 4.10. The Morgan fingerprint density at radius 1 is 1.17 bits per heavy atom. The summed E-state index contributed by atoms with van der Waals surface area (Å²) in [6.45, 7) is 1.77. The van der Waals surface area contributed by atoms with Crippen LogP contribution in [0.3, 0.4) is 0 Å². The molecule has 0 aromatic heterocycles. The average molecular weight is 274 g/mol. The summed E-state index contributed by atoms with van der Waals surface area (Å²) in [6, 6.07) is 0.408. The van der Waals surface area contributed by atoms with E-state index < -0.39 is 10.0 Å². The fraction of sp³-hybridized carbons (Fsp3) is 1.00. The van der Waals surface area contributed by atoms with Gasteiger partial charge in [0.05, 0.1) is 5.75 Å². The van der Waals surface area contributed by atoms with Crippen molar-refractivity contribution in [3.63, 3.8) is 0 Å². The molecule has 1 aliphatic carbocycles. The number of sulfonamides is 1. The summed E-state index contributed by atoms with van der Waals surface area (Å²) >= 11 is 0. The van der Waals surface area contributed by atoms with Gasteiger partial charge in [0.1, 0.15) is 0 Å². The Kier molecular flexibility index (Phi) is 5.04. The highest BCUT2D eigenvalue weighted by atomic mass is 32.2. The molecule has 1 N–H and O–H groups in total. The molecule has 4 nitrogen and oxygen atoms in total. The quantitative estimate of drug-likeness (QED) is 0.800. The van der Waals surface area contributed by atoms with E-state index in [9.17, 15) is 8.42 Å². The lowest BCUT2D eigenvalue weighted by atomic mass is 9.86. The van der Waals surface area contributed by atoms with Crippen LogP contribution in [-0.4, -0.2) is 44.7 Å². The fourth-order valence-electron chi connectivity index (χ4n) is 2.77. The molecule has 0 aromatic rings. The minimum Gasteiger partial charge on any atom is -0.314 e. The third-order valence-corrected chi connectivity index (χ3v) is 6.20. The van der Waals surface area contributed by atoms with Crippen LogP contribution in [0.2, 0.25) is 0 Å². The van der Waals surface area contributed by atoms with Crippen molar-refractivity contribution in [1.82, 2.24) is 9.62 Å². The van der Waals surface area contributed by atoms with Crippen molar-refractivity contribution in [3.05, 3.63) is 0 Å². The standard InChI is InChI=1S/C13H26N2O2S/c1-15(11-12-5-4-6-12)18(16,17)10-8-13-7-2-3-9-14-13/h12-14H,2-11H2,1H3. The monoisotopic (exact) mass is 274 g/mol. The van der Waals surface area contributed by atoms with Crippen LogP contribution in [0.4, 0.5) is 0 Å². The molecule has 106 valence electrons. The smallest absolute Gasteiger partial charge is 0.213 e. The summed E-state index contributed by atoms with van der Waals surface area (Å²) in [7, 11) is -1.30. The van der Waals surface area contributed by atoms with E-state index in [1.807, 2.05) is 0 Å². The van der Waals surface area contributed by atoms with E-state index in [2.05, 4.69) is 5.32 Å². The van der Waals surface area contributed by atoms with Gasteiger partial charge in [-0.2, -0.15) is 0 Å². The summed E-state index contributed by atoms with van der Waals surface area (Å²) in [4.78, 5) is 0. The number of nitrogens with one attached hydrogen (secondary N) is 1. The molecular formula is C13H26N2O2S. The van der Waals surface area contributed by atoms with Gasteiger partial charge in [0, 0.05) is 19.6 Å². The minimum absolute atomic E-state index is 0.299. The molecule has 1 saturated carbocycles. The summed E-state index contributed by atoms with van der Waals surface area (Å²) in [6.07, 6.45) is 8.01. The average Bonchev–Trinajstić information content (AvgIpc) is 2.32. The van der Waals surface area contributed by atoms with Gasteiger partial charge in [-0.25, -0.2) is 12.7 Å². The van der Waals surface area contributed by atoms with Crippen LogP contribution in [0, 0.1) is 5.92 Å². The van der Waals surface area contributed by atoms with Crippen LogP contribution >= 0.6 is 0 Å². The number of rotatable bonds is 6. The Labute approximate surface area is 111 Å². The molecule has 0 aromatic carbocycles. The number of piperidine rings is 1. The lowest BCUT2D eigenvalue weighted by Crippen LogP contribution is -2.39. The zero-order valence-electron chi connectivity index (χ0n) is 11.4. The van der Waals surface area contributed by atoms with Crippen molar-refractivity contribution in [2.24, 2.45) is 5.92 Å². The lowest BCUT2D eigenvalue weighted by molar-refractivity contribution is 0.262. The third-order valence-electron chi connectivity index (χ3n) is 4.35. The highest BCUT2D eigenvalue weighted by Gasteiger charge is 2.26. The second-order valence-electron chi connectivity index (χ2n) is 5.83. The van der Waals surface area contributed by atoms with Crippen molar-refractivity contribution in [1.29, 1.82) is 0 Å². The number of hydrogen-bond acceptors (Lipinski definition) is 3. The molecule has 1 atom stereocenters. The first kappa shape index (κ1) is 14.3. The van der Waals surface area contributed by atoms with Gasteiger partial charge < -0.3 is 5.32 Å². The van der Waals surface area contributed by atoms with Gasteiger partial charge in [0.15, 0.2) is 0 Å². The van der Waals surface area contributed by atoms with Crippen molar-refractivity contribution in [3.8, 4) is 0 Å². The predicted octanol–water partition coefficient (Wildman–Crippen LogP) is 1.58. The normalized spacial score (nSPS) is 26.2. The lowest BCUT2D eigenvalue weighted by Gasteiger charge is -2.30. The summed E-state index contributed by atoms with van der Waals surface area (Å²) < 4.78 is 25.9. The van der Waals surface area contributed by atoms with E-state index in [1.54, 1.807) is 11.4 Å². The van der Waals surface area contributed by atoms with Crippen molar-refractivity contribution in [2.75, 3.05) is 25.9 Å². The van der Waals surface area contributed by atoms with Crippen molar-refractivity contribution < 1.29 is 8.42 Å². The van der Waals surface area contributed by atoms with Gasteiger partial charge in [-0.1, -0.05) is 12.8 Å². The van der Waals surface area contributed by atoms with Gasteiger partial charge in [-0.15, -0.1) is 0 Å². The summed E-state index contributed by atoms with van der Waals surface area (Å²) in [5.74, 6) is 0.908. The van der Waals surface area contributed by atoms with Gasteiger partial charge in [-0.05, 0) is 44.6 Å². The second-order valence-corrected chi connectivity index (χ2v) is 8.02. The molecule has 18 heavy (non-hydrogen) atoms. The zero-order valence-corrected chi connectivity index (χ0v) is 12.2. The molecule has 0 amide bonds. The Hall–Kier alpha value is -0.130. The Morgan fingerprint density at radius 3 is 2.50 bits per heavy atom. The van der Waals surface area contributed by atoms with E-state index in [4.69, 9.17) is 0 Å². The summed E-state index contributed by atoms with van der Waals surface area (Å²) in [5.41, 5.74) is 0. The first-order valence-electron chi connectivity index (χ1n) is 7.25. The molecule has 5 heteroatoms. The molecule has 0 bridgehead atoms. The van der Waals surface area contributed by atoms with Crippen molar-refractivity contribution in [2.45, 2.75) is 51.0 Å². The molecule has 1 saturated heterocycles. The second kappa shape index (κ2) is 6.35. The summed E-state index contributed by atoms with van der Waals surface area (Å²) in [5, 5.41) is 3.41. The van der Waals surface area contributed by atoms with E-state index in [0.717, 1.165) is 25.9 Å². The molecule has 0 spiro atoms. The van der Waals surface area contributed by atoms with Gasteiger partial charge >= 0.3 is 0 Å². The van der Waals surface area contributed by atoms with Gasteiger partial charge in [0.25, 0.3) is 0 Å². The number of nitrogens with zero attached hydrogens (tertiary/aromatic N) is 1. The van der Waals surface area contributed by atoms with Crippen molar-refractivity contribution >= 4 is 10.0 Å². The molecule has 0 radical (unpaired) electrons. The van der Waals surface area contributed by atoms with Gasteiger partial charge in [-0.3, -0.25) is 0 Å². The van der Waals surface area contributed by atoms with Crippen LogP contribution in [0.5, 0.6) is 0 Å². The maximum atomic E-state index is 12.1. The zero-order chi connectivity index (χ0) is 13.0. The molecule has 2 rings (SSSR count). The van der Waals surface area contributed by atoms with Crippen LogP contribution in [0.1, 0.15) is 44.9 Å². The van der Waals surface area contributed by atoms with Crippen LogP contribution in [0.25, 0.3) is 0 Å². The highest BCUT2D eigenvalue weighted by molar-refractivity contribution is 7.89. The molecule has 1 heterocycles. The molecule has 2 aliphatic rings. The number of hydrogen-bond donors (Lipinski definition) is 1. The van der Waals surface area contributed by atoms with Crippen LogP contribution in [-0.2, 0) is 10.0 Å². The predicted molar refractivity (Wildman–Crippen MR) is 74.0 cm³/mol. The Bertz CT molecular complexity index is 346. The van der Waals surface area contributed by atoms with E-state index in [0.29, 0.717) is 17.7 Å². The maximum absolute atomic E-state index is 12.1. The SMILES string of the molecule is CN(CC1CCC1)S(=O)(=O)CCC1CCCCN1. The first-order valence-corrected chi connectivity index (χ1v) is 8.86. The maximum Gasteiger partial charge on any atom is 0.213 e. The van der Waals surface area contributed by atoms with Crippen LogP contribution in [0.15, 0.2) is 0 Å². The minimum atomic E-state index is -3.04.